The third-order valence-electron chi connectivity index (χ3n) is 2.68. The topological polar surface area (TPSA) is 82.9 Å². The Bertz CT molecular complexity index is 453. The monoisotopic (exact) mass is 235 g/mol. The van der Waals surface area contributed by atoms with Gasteiger partial charge in [0.05, 0.1) is 6.54 Å². The van der Waals surface area contributed by atoms with Gasteiger partial charge in [0.25, 0.3) is 0 Å². The Balaban J connectivity index is 2.18. The molecule has 1 aliphatic rings. The van der Waals surface area contributed by atoms with E-state index in [0.29, 0.717) is 13.2 Å². The van der Waals surface area contributed by atoms with Crippen LogP contribution in [0.3, 0.4) is 0 Å². The van der Waals surface area contributed by atoms with E-state index in [1.54, 1.807) is 0 Å². The summed E-state index contributed by atoms with van der Waals surface area (Å²) in [5.41, 5.74) is 12.7. The SMILES string of the molecule is Cc1ccc(C)c2c1OCC(CN=C(N)N)O2. The maximum absolute atomic E-state index is 5.85. The maximum Gasteiger partial charge on any atom is 0.186 e. The lowest BCUT2D eigenvalue weighted by molar-refractivity contribution is 0.0955. The summed E-state index contributed by atoms with van der Waals surface area (Å²) in [7, 11) is 0. The molecule has 0 amide bonds. The van der Waals surface area contributed by atoms with Gasteiger partial charge in [-0.05, 0) is 25.0 Å². The third kappa shape index (κ3) is 2.43. The number of aliphatic imine (C=N–C) groups is 1. The van der Waals surface area contributed by atoms with Crippen LogP contribution in [0.5, 0.6) is 11.5 Å². The van der Waals surface area contributed by atoms with E-state index >= 15 is 0 Å². The van der Waals surface area contributed by atoms with Crippen molar-refractivity contribution in [2.75, 3.05) is 13.2 Å². The molecule has 0 saturated heterocycles. The molecule has 5 nitrogen and oxygen atoms in total. The molecule has 0 saturated carbocycles. The first-order valence-corrected chi connectivity index (χ1v) is 5.53. The summed E-state index contributed by atoms with van der Waals surface area (Å²) in [5, 5.41) is 0. The Morgan fingerprint density at radius 1 is 1.29 bits per heavy atom. The van der Waals surface area contributed by atoms with E-state index in [9.17, 15) is 0 Å². The fourth-order valence-corrected chi connectivity index (χ4v) is 1.76. The maximum atomic E-state index is 5.85. The number of benzene rings is 1. The lowest BCUT2D eigenvalue weighted by Gasteiger charge is -2.27. The number of nitrogens with two attached hydrogens (primary N) is 2. The van der Waals surface area contributed by atoms with Gasteiger partial charge in [0.15, 0.2) is 23.6 Å². The standard InChI is InChI=1S/C12H17N3O2/c1-7-3-4-8(2)11-10(7)16-6-9(17-11)5-15-12(13)14/h3-4,9H,5-6H2,1-2H3,(H4,13,14,15). The number of aryl methyl sites for hydroxylation is 2. The van der Waals surface area contributed by atoms with Crippen LogP contribution >= 0.6 is 0 Å². The van der Waals surface area contributed by atoms with Crippen molar-refractivity contribution in [3.05, 3.63) is 23.3 Å². The Morgan fingerprint density at radius 3 is 2.59 bits per heavy atom. The number of rotatable bonds is 2. The minimum atomic E-state index is -0.134. The lowest BCUT2D eigenvalue weighted by Crippen LogP contribution is -2.34. The first-order chi connectivity index (χ1) is 8.08. The first-order valence-electron chi connectivity index (χ1n) is 5.53. The quantitative estimate of drug-likeness (QED) is 0.584. The average molecular weight is 235 g/mol. The largest absolute Gasteiger partial charge is 0.485 e. The van der Waals surface area contributed by atoms with Crippen LogP contribution in [0.4, 0.5) is 0 Å². The van der Waals surface area contributed by atoms with E-state index < -0.39 is 0 Å². The van der Waals surface area contributed by atoms with E-state index in [0.717, 1.165) is 22.6 Å². The Hall–Kier alpha value is -1.91. The lowest BCUT2D eigenvalue weighted by atomic mass is 10.1. The summed E-state index contributed by atoms with van der Waals surface area (Å²) in [6, 6.07) is 4.04. The molecule has 1 aromatic rings. The molecule has 1 atom stereocenters. The van der Waals surface area contributed by atoms with Crippen molar-refractivity contribution in [3.63, 3.8) is 0 Å². The van der Waals surface area contributed by atoms with Gasteiger partial charge < -0.3 is 20.9 Å². The molecular weight excluding hydrogens is 218 g/mol. The highest BCUT2D eigenvalue weighted by Gasteiger charge is 2.23. The van der Waals surface area contributed by atoms with E-state index in [-0.39, 0.29) is 12.1 Å². The van der Waals surface area contributed by atoms with Crippen LogP contribution in [0, 0.1) is 13.8 Å². The highest BCUT2D eigenvalue weighted by atomic mass is 16.6. The highest BCUT2D eigenvalue weighted by Crippen LogP contribution is 2.37. The molecule has 1 unspecified atom stereocenters. The fraction of sp³-hybridized carbons (Fsp3) is 0.417. The van der Waals surface area contributed by atoms with Crippen molar-refractivity contribution < 1.29 is 9.47 Å². The molecule has 1 aliphatic heterocycles. The van der Waals surface area contributed by atoms with E-state index in [2.05, 4.69) is 4.99 Å². The number of ether oxygens (including phenoxy) is 2. The second-order valence-electron chi connectivity index (χ2n) is 4.17. The molecule has 0 fully saturated rings. The van der Waals surface area contributed by atoms with Crippen molar-refractivity contribution in [2.45, 2.75) is 20.0 Å². The van der Waals surface area contributed by atoms with E-state index in [4.69, 9.17) is 20.9 Å². The average Bonchev–Trinajstić information content (AvgIpc) is 2.31. The predicted molar refractivity (Wildman–Crippen MR) is 66.5 cm³/mol. The van der Waals surface area contributed by atoms with E-state index in [1.165, 1.54) is 0 Å². The molecular formula is C12H17N3O2. The molecule has 1 heterocycles. The van der Waals surface area contributed by atoms with Gasteiger partial charge in [0.2, 0.25) is 0 Å². The minimum Gasteiger partial charge on any atom is -0.485 e. The summed E-state index contributed by atoms with van der Waals surface area (Å²) in [4.78, 5) is 3.94. The van der Waals surface area contributed by atoms with Gasteiger partial charge >= 0.3 is 0 Å². The van der Waals surface area contributed by atoms with Crippen LogP contribution in [-0.2, 0) is 0 Å². The second-order valence-corrected chi connectivity index (χ2v) is 4.17. The third-order valence-corrected chi connectivity index (χ3v) is 2.68. The normalized spacial score (nSPS) is 17.6. The van der Waals surface area contributed by atoms with Crippen molar-refractivity contribution in [1.29, 1.82) is 0 Å². The van der Waals surface area contributed by atoms with Crippen LogP contribution in [0.1, 0.15) is 11.1 Å². The molecule has 0 aliphatic carbocycles. The number of nitrogens with zero attached hydrogens (tertiary/aromatic N) is 1. The summed E-state index contributed by atoms with van der Waals surface area (Å²) >= 11 is 0. The second kappa shape index (κ2) is 4.53. The van der Waals surface area contributed by atoms with Crippen LogP contribution < -0.4 is 20.9 Å². The molecule has 0 aromatic heterocycles. The van der Waals surface area contributed by atoms with Crippen LogP contribution in [0.2, 0.25) is 0 Å². The van der Waals surface area contributed by atoms with Crippen LogP contribution in [0.25, 0.3) is 0 Å². The zero-order valence-electron chi connectivity index (χ0n) is 10.1. The van der Waals surface area contributed by atoms with Gasteiger partial charge in [-0.2, -0.15) is 0 Å². The molecule has 0 spiro atoms. The van der Waals surface area contributed by atoms with Gasteiger partial charge in [-0.25, -0.2) is 4.99 Å². The van der Waals surface area contributed by atoms with Gasteiger partial charge in [0.1, 0.15) is 6.61 Å². The Morgan fingerprint density at radius 2 is 1.94 bits per heavy atom. The Kier molecular flexibility index (Phi) is 3.08. The predicted octanol–water partition coefficient (Wildman–Crippen LogP) is 0.717. The number of hydrogen-bond donors (Lipinski definition) is 2. The summed E-state index contributed by atoms with van der Waals surface area (Å²) in [6.45, 7) is 4.87. The molecule has 1 aromatic carbocycles. The number of guanidine groups is 1. The molecule has 2 rings (SSSR count). The van der Waals surface area contributed by atoms with Crippen LogP contribution in [0.15, 0.2) is 17.1 Å². The highest BCUT2D eigenvalue weighted by molar-refractivity contribution is 5.75. The van der Waals surface area contributed by atoms with Gasteiger partial charge in [-0.3, -0.25) is 0 Å². The molecule has 92 valence electrons. The number of hydrogen-bond acceptors (Lipinski definition) is 3. The molecule has 0 radical (unpaired) electrons. The fourth-order valence-electron chi connectivity index (χ4n) is 1.76. The molecule has 4 N–H and O–H groups in total. The van der Waals surface area contributed by atoms with Crippen molar-refractivity contribution in [1.82, 2.24) is 0 Å². The summed E-state index contributed by atoms with van der Waals surface area (Å²) < 4.78 is 11.6. The molecule has 0 bridgehead atoms. The van der Waals surface area contributed by atoms with Crippen molar-refractivity contribution in [3.8, 4) is 11.5 Å². The molecule has 5 heteroatoms. The zero-order valence-corrected chi connectivity index (χ0v) is 10.1. The Labute approximate surface area is 100 Å². The van der Waals surface area contributed by atoms with Gasteiger partial charge in [-0.1, -0.05) is 12.1 Å². The smallest absolute Gasteiger partial charge is 0.186 e. The first kappa shape index (κ1) is 11.6. The zero-order chi connectivity index (χ0) is 12.4. The summed E-state index contributed by atoms with van der Waals surface area (Å²) in [5.74, 6) is 1.69. The van der Waals surface area contributed by atoms with Crippen molar-refractivity contribution in [2.24, 2.45) is 16.5 Å². The number of fused-ring (bicyclic) bond motifs is 1. The molecule has 17 heavy (non-hydrogen) atoms. The van der Waals surface area contributed by atoms with Gasteiger partial charge in [-0.15, -0.1) is 0 Å². The summed E-state index contributed by atoms with van der Waals surface area (Å²) in [6.07, 6.45) is -0.134. The van der Waals surface area contributed by atoms with Gasteiger partial charge in [0, 0.05) is 0 Å². The van der Waals surface area contributed by atoms with Crippen LogP contribution in [-0.4, -0.2) is 25.2 Å². The van der Waals surface area contributed by atoms with E-state index in [1.807, 2.05) is 26.0 Å². The minimum absolute atomic E-state index is 0.0698. The van der Waals surface area contributed by atoms with Crippen molar-refractivity contribution >= 4 is 5.96 Å².